The van der Waals surface area contributed by atoms with Crippen molar-refractivity contribution >= 4 is 5.97 Å². The van der Waals surface area contributed by atoms with E-state index in [9.17, 15) is 14.1 Å². The SMILES string of the molecule is CO[C@@H](Cc1ccc(OCCCOc2ccc(C(N=O)c3ccc(F)cc3)cc2)cc1)C(=O)O. The Morgan fingerprint density at radius 1 is 0.882 bits per heavy atom. The lowest BCUT2D eigenvalue weighted by molar-refractivity contribution is -0.148. The van der Waals surface area contributed by atoms with Gasteiger partial charge in [-0.1, -0.05) is 41.6 Å². The Labute approximate surface area is 197 Å². The van der Waals surface area contributed by atoms with Gasteiger partial charge in [-0.25, -0.2) is 9.18 Å². The lowest BCUT2D eigenvalue weighted by atomic mass is 9.99. The highest BCUT2D eigenvalue weighted by atomic mass is 19.1. The van der Waals surface area contributed by atoms with Crippen LogP contribution < -0.4 is 9.47 Å². The molecule has 0 aromatic heterocycles. The van der Waals surface area contributed by atoms with E-state index >= 15 is 0 Å². The number of ether oxygens (including phenoxy) is 3. The van der Waals surface area contributed by atoms with Gasteiger partial charge in [0, 0.05) is 20.0 Å². The third-order valence-electron chi connectivity index (χ3n) is 5.22. The number of nitroso groups, excluding NO2 is 1. The van der Waals surface area contributed by atoms with E-state index in [1.807, 2.05) is 12.1 Å². The minimum atomic E-state index is -0.995. The summed E-state index contributed by atoms with van der Waals surface area (Å²) in [6, 6.07) is 19.3. The predicted octanol–water partition coefficient (Wildman–Crippen LogP) is 5.17. The minimum Gasteiger partial charge on any atom is -0.493 e. The monoisotopic (exact) mass is 467 g/mol. The normalized spacial score (nSPS) is 12.5. The highest BCUT2D eigenvalue weighted by molar-refractivity contribution is 5.72. The van der Waals surface area contributed by atoms with Crippen molar-refractivity contribution in [1.29, 1.82) is 0 Å². The first-order chi connectivity index (χ1) is 16.5. The Kier molecular flexibility index (Phi) is 9.11. The van der Waals surface area contributed by atoms with Crippen LogP contribution in [0.2, 0.25) is 0 Å². The largest absolute Gasteiger partial charge is 0.493 e. The average molecular weight is 467 g/mol. The van der Waals surface area contributed by atoms with Crippen molar-refractivity contribution in [3.05, 3.63) is 100 Å². The van der Waals surface area contributed by atoms with Crippen molar-refractivity contribution in [3.63, 3.8) is 0 Å². The van der Waals surface area contributed by atoms with Crippen molar-refractivity contribution in [2.45, 2.75) is 25.0 Å². The van der Waals surface area contributed by atoms with Crippen molar-refractivity contribution in [2.75, 3.05) is 20.3 Å². The predicted molar refractivity (Wildman–Crippen MR) is 125 cm³/mol. The molecule has 0 heterocycles. The smallest absolute Gasteiger partial charge is 0.333 e. The highest BCUT2D eigenvalue weighted by Gasteiger charge is 2.17. The summed E-state index contributed by atoms with van der Waals surface area (Å²) < 4.78 is 29.5. The van der Waals surface area contributed by atoms with Gasteiger partial charge in [0.2, 0.25) is 0 Å². The topological polar surface area (TPSA) is 94.4 Å². The molecule has 3 aromatic rings. The van der Waals surface area contributed by atoms with Gasteiger partial charge in [-0.2, -0.15) is 0 Å². The zero-order valence-electron chi connectivity index (χ0n) is 18.7. The van der Waals surface area contributed by atoms with Gasteiger partial charge in [-0.15, -0.1) is 4.91 Å². The molecule has 0 saturated carbocycles. The van der Waals surface area contributed by atoms with Gasteiger partial charge in [-0.05, 0) is 53.1 Å². The first-order valence-electron chi connectivity index (χ1n) is 10.8. The molecule has 0 aliphatic heterocycles. The number of hydrogen-bond donors (Lipinski definition) is 1. The van der Waals surface area contributed by atoms with Crippen molar-refractivity contribution < 1.29 is 28.5 Å². The summed E-state index contributed by atoms with van der Waals surface area (Å²) >= 11 is 0. The standard InChI is InChI=1S/C26H26FNO6/c1-32-24(26(29)30)17-18-3-11-22(12-4-18)33-15-2-16-34-23-13-7-20(8-14-23)25(28-31)19-5-9-21(27)10-6-19/h3-14,24-25H,2,15-17H2,1H3,(H,29,30)/t24-,25?/m0/s1. The molecule has 0 fully saturated rings. The molecule has 1 N–H and O–H groups in total. The van der Waals surface area contributed by atoms with Crippen LogP contribution in [-0.2, 0) is 16.0 Å². The third kappa shape index (κ3) is 7.11. The summed E-state index contributed by atoms with van der Waals surface area (Å²) in [4.78, 5) is 22.4. The molecule has 0 spiro atoms. The van der Waals surface area contributed by atoms with Crippen LogP contribution in [0.25, 0.3) is 0 Å². The summed E-state index contributed by atoms with van der Waals surface area (Å²) in [6.07, 6.45) is 0.0655. The number of carboxylic acid groups (broad SMARTS) is 1. The van der Waals surface area contributed by atoms with Crippen LogP contribution in [0.3, 0.4) is 0 Å². The fourth-order valence-corrected chi connectivity index (χ4v) is 3.35. The Balaban J connectivity index is 1.41. The van der Waals surface area contributed by atoms with Gasteiger partial charge >= 0.3 is 5.97 Å². The second-order valence-corrected chi connectivity index (χ2v) is 7.59. The second-order valence-electron chi connectivity index (χ2n) is 7.59. The number of carbonyl (C=O) groups is 1. The molecule has 0 bridgehead atoms. The Bertz CT molecular complexity index is 1050. The number of hydrogen-bond acceptors (Lipinski definition) is 6. The second kappa shape index (κ2) is 12.5. The maximum atomic E-state index is 13.1. The van der Waals surface area contributed by atoms with Gasteiger partial charge in [0.25, 0.3) is 0 Å². The first kappa shape index (κ1) is 24.9. The van der Waals surface area contributed by atoms with Gasteiger partial charge in [0.1, 0.15) is 23.4 Å². The molecule has 0 aliphatic carbocycles. The molecule has 34 heavy (non-hydrogen) atoms. The van der Waals surface area contributed by atoms with Crippen molar-refractivity contribution in [1.82, 2.24) is 0 Å². The number of halogens is 1. The number of aliphatic carboxylic acids is 1. The molecule has 0 saturated heterocycles. The molecular weight excluding hydrogens is 441 g/mol. The van der Waals surface area contributed by atoms with E-state index in [2.05, 4.69) is 5.18 Å². The minimum absolute atomic E-state index is 0.284. The average Bonchev–Trinajstić information content (AvgIpc) is 2.85. The quantitative estimate of drug-likeness (QED) is 0.275. The number of nitrogens with zero attached hydrogens (tertiary/aromatic N) is 1. The number of carboxylic acids is 1. The maximum absolute atomic E-state index is 13.1. The molecule has 3 aromatic carbocycles. The summed E-state index contributed by atoms with van der Waals surface area (Å²) in [5.41, 5.74) is 2.16. The Morgan fingerprint density at radius 3 is 1.85 bits per heavy atom. The lowest BCUT2D eigenvalue weighted by Gasteiger charge is -2.12. The molecule has 0 radical (unpaired) electrons. The Morgan fingerprint density at radius 2 is 1.38 bits per heavy atom. The third-order valence-corrected chi connectivity index (χ3v) is 5.22. The van der Waals surface area contributed by atoms with E-state index in [1.54, 1.807) is 48.5 Å². The number of rotatable bonds is 13. The molecule has 7 nitrogen and oxygen atoms in total. The molecule has 0 amide bonds. The van der Waals surface area contributed by atoms with E-state index in [1.165, 1.54) is 19.2 Å². The highest BCUT2D eigenvalue weighted by Crippen LogP contribution is 2.27. The first-order valence-corrected chi connectivity index (χ1v) is 10.8. The van der Waals surface area contributed by atoms with Crippen LogP contribution >= 0.6 is 0 Å². The van der Waals surface area contributed by atoms with Gasteiger partial charge < -0.3 is 19.3 Å². The fourth-order valence-electron chi connectivity index (χ4n) is 3.35. The van der Waals surface area contributed by atoms with Gasteiger partial charge in [0.15, 0.2) is 6.10 Å². The molecule has 1 unspecified atom stereocenters. The Hall–Kier alpha value is -3.78. The van der Waals surface area contributed by atoms with Crippen LogP contribution in [0.1, 0.15) is 29.2 Å². The molecular formula is C26H26FNO6. The zero-order chi connectivity index (χ0) is 24.3. The zero-order valence-corrected chi connectivity index (χ0v) is 18.7. The van der Waals surface area contributed by atoms with Gasteiger partial charge in [0.05, 0.1) is 13.2 Å². The van der Waals surface area contributed by atoms with Crippen LogP contribution in [0.5, 0.6) is 11.5 Å². The summed E-state index contributed by atoms with van der Waals surface area (Å²) in [5.74, 6) is -0.0201. The molecule has 178 valence electrons. The number of benzene rings is 3. The summed E-state index contributed by atoms with van der Waals surface area (Å²) in [7, 11) is 1.37. The van der Waals surface area contributed by atoms with E-state index in [-0.39, 0.29) is 12.2 Å². The molecule has 2 atom stereocenters. The number of methoxy groups -OCH3 is 1. The summed E-state index contributed by atoms with van der Waals surface area (Å²) in [6.45, 7) is 0.897. The van der Waals surface area contributed by atoms with Crippen LogP contribution in [0.15, 0.2) is 78.0 Å². The van der Waals surface area contributed by atoms with E-state index in [4.69, 9.17) is 19.3 Å². The lowest BCUT2D eigenvalue weighted by Crippen LogP contribution is -2.24. The summed E-state index contributed by atoms with van der Waals surface area (Å²) in [5, 5.41) is 12.2. The van der Waals surface area contributed by atoms with E-state index < -0.39 is 18.1 Å². The van der Waals surface area contributed by atoms with Crippen LogP contribution in [0, 0.1) is 10.7 Å². The van der Waals surface area contributed by atoms with Crippen LogP contribution in [-0.4, -0.2) is 37.5 Å². The van der Waals surface area contributed by atoms with E-state index in [0.717, 1.165) is 5.56 Å². The maximum Gasteiger partial charge on any atom is 0.333 e. The van der Waals surface area contributed by atoms with Crippen molar-refractivity contribution in [2.24, 2.45) is 5.18 Å². The molecule has 3 rings (SSSR count). The molecule has 0 aliphatic rings. The molecule has 8 heteroatoms. The van der Waals surface area contributed by atoms with Gasteiger partial charge in [-0.3, -0.25) is 0 Å². The van der Waals surface area contributed by atoms with E-state index in [0.29, 0.717) is 42.3 Å². The van der Waals surface area contributed by atoms with Crippen LogP contribution in [0.4, 0.5) is 4.39 Å². The van der Waals surface area contributed by atoms with Crippen molar-refractivity contribution in [3.8, 4) is 11.5 Å². The fraction of sp³-hybridized carbons (Fsp3) is 0.269.